The number of cyclic esters (lactones) is 1. The highest BCUT2D eigenvalue weighted by Crippen LogP contribution is 2.38. The van der Waals surface area contributed by atoms with Crippen molar-refractivity contribution < 1.29 is 28.2 Å². The van der Waals surface area contributed by atoms with Crippen molar-refractivity contribution in [3.63, 3.8) is 0 Å². The van der Waals surface area contributed by atoms with Gasteiger partial charge < -0.3 is 23.4 Å². The summed E-state index contributed by atoms with van der Waals surface area (Å²) in [6, 6.07) is 0. The molecule has 3 rings (SSSR count). The molecule has 3 aliphatic rings. The summed E-state index contributed by atoms with van der Waals surface area (Å²) in [5.74, 6) is 5.55. The summed E-state index contributed by atoms with van der Waals surface area (Å²) in [4.78, 5) is 13.0. The van der Waals surface area contributed by atoms with Crippen molar-refractivity contribution in [1.29, 1.82) is 0 Å². The second-order valence-electron chi connectivity index (χ2n) is 14.2. The highest BCUT2D eigenvalue weighted by molar-refractivity contribution is 6.74. The fourth-order valence-electron chi connectivity index (χ4n) is 5.58. The van der Waals surface area contributed by atoms with Crippen molar-refractivity contribution in [2.75, 3.05) is 13.7 Å². The second kappa shape index (κ2) is 16.9. The highest BCUT2D eigenvalue weighted by atomic mass is 28.4. The molecular formula is C37H56O6Si. The minimum Gasteiger partial charge on any atom is -0.449 e. The molecule has 244 valence electrons. The van der Waals surface area contributed by atoms with Gasteiger partial charge in [-0.05, 0) is 63.1 Å². The average Bonchev–Trinajstić information content (AvgIpc) is 2.92. The van der Waals surface area contributed by atoms with E-state index in [4.69, 9.17) is 23.4 Å². The van der Waals surface area contributed by atoms with Gasteiger partial charge in [-0.1, -0.05) is 93.9 Å². The van der Waals surface area contributed by atoms with Crippen LogP contribution < -0.4 is 0 Å². The number of carbonyl (C=O) groups excluding carboxylic acids is 1. The zero-order valence-corrected chi connectivity index (χ0v) is 29.4. The molecule has 0 N–H and O–H groups in total. The lowest BCUT2D eigenvalue weighted by Gasteiger charge is -2.39. The molecule has 7 atom stereocenters. The fraction of sp³-hybridized carbons (Fsp3) is 0.649. The minimum atomic E-state index is -2.06. The van der Waals surface area contributed by atoms with Crippen LogP contribution in [0.3, 0.4) is 0 Å². The van der Waals surface area contributed by atoms with Crippen LogP contribution in [-0.4, -0.2) is 64.6 Å². The summed E-state index contributed by atoms with van der Waals surface area (Å²) in [6.07, 6.45) is 18.5. The van der Waals surface area contributed by atoms with Gasteiger partial charge in [-0.15, -0.1) is 0 Å². The normalized spacial score (nSPS) is 31.2. The number of esters is 1. The number of fused-ring (bicyclic) bond motifs is 2. The summed E-state index contributed by atoms with van der Waals surface area (Å²) >= 11 is 0. The number of carbonyl (C=O) groups is 1. The van der Waals surface area contributed by atoms with Crippen molar-refractivity contribution in [3.05, 3.63) is 60.3 Å². The van der Waals surface area contributed by atoms with Crippen LogP contribution in [0.1, 0.15) is 79.6 Å². The fourth-order valence-corrected chi connectivity index (χ4v) is 6.86. The highest BCUT2D eigenvalue weighted by Gasteiger charge is 2.39. The first-order valence-corrected chi connectivity index (χ1v) is 19.2. The third-order valence-corrected chi connectivity index (χ3v) is 13.6. The first kappa shape index (κ1) is 36.3. The van der Waals surface area contributed by atoms with Gasteiger partial charge in [0, 0.05) is 25.9 Å². The second-order valence-corrected chi connectivity index (χ2v) is 19.0. The van der Waals surface area contributed by atoms with E-state index < -0.39 is 26.5 Å². The van der Waals surface area contributed by atoms with Crippen molar-refractivity contribution >= 4 is 14.3 Å². The summed E-state index contributed by atoms with van der Waals surface area (Å²) in [5, 5.41) is 0.0707. The molecule has 44 heavy (non-hydrogen) atoms. The zero-order valence-electron chi connectivity index (χ0n) is 28.4. The molecule has 6 nitrogen and oxygen atoms in total. The standard InChI is InChI=1S/C37H56O6Si/c1-27-21-22-40-31(24-27)19-20-34(39-7)35-17-11-16-33(43-44(8,9)37(4,5)6)26-29(3)23-28(2)25-32-15-10-13-30(41-32)14-12-18-36(38)42-35/h10-11,13,16,19-21,28,30-35H,3,14-15,17,22-26H2,1-2,4-9H3/b16-11+,20-19+/t28-,30-,31+,32-,33?,34-,35-/m0/s1. The predicted octanol–water partition coefficient (Wildman–Crippen LogP) is 8.02. The molecule has 7 heteroatoms. The molecular weight excluding hydrogens is 568 g/mol. The zero-order chi connectivity index (χ0) is 32.3. The van der Waals surface area contributed by atoms with Gasteiger partial charge in [-0.3, -0.25) is 0 Å². The van der Waals surface area contributed by atoms with Gasteiger partial charge in [-0.2, -0.15) is 0 Å². The van der Waals surface area contributed by atoms with Crippen LogP contribution in [0.2, 0.25) is 18.1 Å². The predicted molar refractivity (Wildman–Crippen MR) is 181 cm³/mol. The van der Waals surface area contributed by atoms with E-state index in [9.17, 15) is 4.79 Å². The Morgan fingerprint density at radius 3 is 2.59 bits per heavy atom. The van der Waals surface area contributed by atoms with Gasteiger partial charge in [0.15, 0.2) is 8.32 Å². The van der Waals surface area contributed by atoms with E-state index >= 15 is 0 Å². The van der Waals surface area contributed by atoms with E-state index in [2.05, 4.69) is 90.4 Å². The molecule has 0 aliphatic carbocycles. The van der Waals surface area contributed by atoms with Crippen LogP contribution in [0.5, 0.6) is 0 Å². The van der Waals surface area contributed by atoms with Crippen LogP contribution >= 0.6 is 0 Å². The van der Waals surface area contributed by atoms with Gasteiger partial charge in [0.1, 0.15) is 12.2 Å². The van der Waals surface area contributed by atoms with Crippen molar-refractivity contribution in [1.82, 2.24) is 0 Å². The first-order chi connectivity index (χ1) is 20.8. The van der Waals surface area contributed by atoms with Crippen LogP contribution in [0, 0.1) is 17.8 Å². The smallest absolute Gasteiger partial charge is 0.384 e. The van der Waals surface area contributed by atoms with Crippen LogP contribution in [0.4, 0.5) is 0 Å². The molecule has 0 aromatic rings. The van der Waals surface area contributed by atoms with E-state index in [0.717, 1.165) is 32.1 Å². The number of methoxy groups -OCH3 is 1. The average molecular weight is 625 g/mol. The molecule has 3 heterocycles. The molecule has 2 bridgehead atoms. The Balaban J connectivity index is 1.88. The van der Waals surface area contributed by atoms with Crippen LogP contribution in [-0.2, 0) is 28.2 Å². The molecule has 0 radical (unpaired) electrons. The Labute approximate surface area is 268 Å². The van der Waals surface area contributed by atoms with Gasteiger partial charge >= 0.3 is 5.97 Å². The monoisotopic (exact) mass is 624 g/mol. The van der Waals surface area contributed by atoms with E-state index in [1.165, 1.54) is 11.1 Å². The molecule has 1 unspecified atom stereocenters. The lowest BCUT2D eigenvalue weighted by molar-refractivity contribution is -0.146. The third kappa shape index (κ3) is 11.9. The Morgan fingerprint density at radius 1 is 1.14 bits per heavy atom. The van der Waals surface area contributed by atoms with E-state index in [0.29, 0.717) is 25.4 Å². The third-order valence-electron chi connectivity index (χ3n) is 9.05. The Bertz CT molecular complexity index is 1150. The lowest BCUT2D eigenvalue weighted by atomic mass is 9.91. The molecule has 0 spiro atoms. The van der Waals surface area contributed by atoms with Gasteiger partial charge in [0.05, 0.1) is 31.0 Å². The Hall–Kier alpha value is -2.21. The topological polar surface area (TPSA) is 63.2 Å². The van der Waals surface area contributed by atoms with Gasteiger partial charge in [0.2, 0.25) is 0 Å². The van der Waals surface area contributed by atoms with E-state index in [-0.39, 0.29) is 29.5 Å². The molecule has 0 aromatic carbocycles. The molecule has 0 amide bonds. The van der Waals surface area contributed by atoms with E-state index in [1.54, 1.807) is 7.11 Å². The summed E-state index contributed by atoms with van der Waals surface area (Å²) < 4.78 is 30.9. The molecule has 0 aromatic heterocycles. The molecule has 3 aliphatic heterocycles. The number of ether oxygens (including phenoxy) is 4. The molecule has 0 saturated carbocycles. The Kier molecular flexibility index (Phi) is 13.9. The minimum absolute atomic E-state index is 0.0361. The number of hydrogen-bond donors (Lipinski definition) is 0. The van der Waals surface area contributed by atoms with E-state index in [1.807, 2.05) is 18.2 Å². The van der Waals surface area contributed by atoms with Crippen LogP contribution in [0.15, 0.2) is 60.3 Å². The summed E-state index contributed by atoms with van der Waals surface area (Å²) in [7, 11) is -0.430. The van der Waals surface area contributed by atoms with Gasteiger partial charge in [0.25, 0.3) is 0 Å². The summed E-state index contributed by atoms with van der Waals surface area (Å²) in [5.41, 5.74) is 2.48. The van der Waals surface area contributed by atoms with Crippen LogP contribution in [0.25, 0.3) is 0 Å². The summed E-state index contributed by atoms with van der Waals surface area (Å²) in [6.45, 7) is 20.8. The quantitative estimate of drug-likeness (QED) is 0.0981. The maximum Gasteiger partial charge on any atom is 0.384 e. The van der Waals surface area contributed by atoms with Crippen molar-refractivity contribution in [2.45, 2.75) is 134 Å². The Morgan fingerprint density at radius 2 is 1.89 bits per heavy atom. The molecule has 0 fully saturated rings. The van der Waals surface area contributed by atoms with Crippen molar-refractivity contribution in [3.8, 4) is 11.8 Å². The molecule has 0 saturated heterocycles. The lowest BCUT2D eigenvalue weighted by Crippen LogP contribution is -2.43. The maximum atomic E-state index is 13.0. The largest absolute Gasteiger partial charge is 0.449 e. The number of hydrogen-bond acceptors (Lipinski definition) is 6. The van der Waals surface area contributed by atoms with Gasteiger partial charge in [-0.25, -0.2) is 4.79 Å². The number of rotatable bonds is 6. The SMILES string of the molecule is C=C1CC(O[Si](C)(C)C(C)(C)C)/C=C/C[C@@H]([C@H](/C=C/[C@@H]2CC(C)=CCO2)OC)OC(=O)C#CC[C@@H]2C=CC[C@@H](C[C@@H](C)C1)O2. The first-order valence-electron chi connectivity index (χ1n) is 16.3. The van der Waals surface area contributed by atoms with Crippen molar-refractivity contribution in [2.24, 2.45) is 5.92 Å². The maximum absolute atomic E-state index is 13.0.